The van der Waals surface area contributed by atoms with E-state index in [1.165, 1.54) is 6.92 Å². The molecule has 17 heavy (non-hydrogen) atoms. The molecule has 0 radical (unpaired) electrons. The molecule has 0 rings (SSSR count). The molecule has 0 aromatic heterocycles. The number of rotatable bonds is 8. The Morgan fingerprint density at radius 1 is 1.59 bits per heavy atom. The van der Waals surface area contributed by atoms with Gasteiger partial charge in [-0.1, -0.05) is 25.6 Å². The summed E-state index contributed by atoms with van der Waals surface area (Å²) in [6, 6.07) is -0.233. The van der Waals surface area contributed by atoms with Gasteiger partial charge in [-0.25, -0.2) is 0 Å². The van der Waals surface area contributed by atoms with Crippen LogP contribution in [-0.4, -0.2) is 35.2 Å². The summed E-state index contributed by atoms with van der Waals surface area (Å²) < 4.78 is 0. The molecule has 0 spiro atoms. The molecular formula is C9H17N3O4S. The van der Waals surface area contributed by atoms with E-state index in [4.69, 9.17) is 12.2 Å². The zero-order valence-electron chi connectivity index (χ0n) is 9.89. The summed E-state index contributed by atoms with van der Waals surface area (Å²) in [5.74, 6) is -0.158. The number of hydrogen-bond acceptors (Lipinski definition) is 5. The smallest absolute Gasteiger partial charge is 0.294 e. The Morgan fingerprint density at radius 2 is 2.24 bits per heavy atom. The Bertz CT molecular complexity index is 285. The van der Waals surface area contributed by atoms with Crippen LogP contribution in [0.4, 0.5) is 0 Å². The molecule has 0 aliphatic rings. The fourth-order valence-corrected chi connectivity index (χ4v) is 1.50. The summed E-state index contributed by atoms with van der Waals surface area (Å²) in [6.45, 7) is 3.56. The second-order valence-electron chi connectivity index (χ2n) is 3.39. The third-order valence-electron chi connectivity index (χ3n) is 1.87. The van der Waals surface area contributed by atoms with Gasteiger partial charge in [-0.3, -0.25) is 4.79 Å². The zero-order chi connectivity index (χ0) is 13.3. The number of thiocarbonyl (C=S) groups is 1. The minimum Gasteiger partial charge on any atom is -0.376 e. The Balaban J connectivity index is 3.96. The topological polar surface area (TPSA) is 93.5 Å². The lowest BCUT2D eigenvalue weighted by molar-refractivity contribution is -0.757. The normalized spacial score (nSPS) is 11.4. The van der Waals surface area contributed by atoms with Crippen LogP contribution in [0, 0.1) is 10.1 Å². The summed E-state index contributed by atoms with van der Waals surface area (Å²) in [6.07, 6.45) is 1.60. The number of carbonyl (C=O) groups is 1. The van der Waals surface area contributed by atoms with Crippen LogP contribution >= 0.6 is 12.2 Å². The highest BCUT2D eigenvalue weighted by Gasteiger charge is 2.13. The molecule has 2 N–H and O–H groups in total. The Hall–Kier alpha value is -1.44. The second-order valence-corrected chi connectivity index (χ2v) is 3.83. The fourth-order valence-electron chi connectivity index (χ4n) is 1.22. The molecular weight excluding hydrogens is 246 g/mol. The SMILES string of the molecule is CCC[C@H](NC(C)=O)C(=S)NCCO[N+](=O)[O-]. The monoisotopic (exact) mass is 263 g/mol. The summed E-state index contributed by atoms with van der Waals surface area (Å²) in [4.78, 5) is 25.4. The van der Waals surface area contributed by atoms with Gasteiger partial charge in [0.05, 0.1) is 11.0 Å². The van der Waals surface area contributed by atoms with Crippen molar-refractivity contribution >= 4 is 23.1 Å². The average molecular weight is 263 g/mol. The largest absolute Gasteiger partial charge is 0.376 e. The number of amides is 1. The van der Waals surface area contributed by atoms with Crippen LogP contribution in [-0.2, 0) is 9.63 Å². The molecule has 98 valence electrons. The van der Waals surface area contributed by atoms with Crippen molar-refractivity contribution in [2.45, 2.75) is 32.7 Å². The molecule has 0 unspecified atom stereocenters. The maximum absolute atomic E-state index is 10.9. The molecule has 0 bridgehead atoms. The number of carbonyl (C=O) groups excluding carboxylic acids is 1. The van der Waals surface area contributed by atoms with E-state index < -0.39 is 5.09 Å². The van der Waals surface area contributed by atoms with Gasteiger partial charge in [0.15, 0.2) is 0 Å². The van der Waals surface area contributed by atoms with Gasteiger partial charge < -0.3 is 15.5 Å². The van der Waals surface area contributed by atoms with E-state index in [0.717, 1.165) is 12.8 Å². The quantitative estimate of drug-likeness (QED) is 0.285. The lowest BCUT2D eigenvalue weighted by Crippen LogP contribution is -2.45. The minimum absolute atomic E-state index is 0.0773. The van der Waals surface area contributed by atoms with E-state index in [2.05, 4.69) is 15.5 Å². The van der Waals surface area contributed by atoms with E-state index in [1.807, 2.05) is 6.92 Å². The predicted molar refractivity (Wildman–Crippen MR) is 66.1 cm³/mol. The molecule has 1 atom stereocenters. The van der Waals surface area contributed by atoms with Gasteiger partial charge in [-0.2, -0.15) is 0 Å². The molecule has 0 saturated heterocycles. The van der Waals surface area contributed by atoms with Crippen molar-refractivity contribution in [1.29, 1.82) is 0 Å². The van der Waals surface area contributed by atoms with Crippen molar-refractivity contribution in [3.05, 3.63) is 10.1 Å². The first-order valence-corrected chi connectivity index (χ1v) is 5.70. The molecule has 0 aromatic carbocycles. The van der Waals surface area contributed by atoms with Crippen molar-refractivity contribution in [2.24, 2.45) is 0 Å². The van der Waals surface area contributed by atoms with Crippen LogP contribution in [0.3, 0.4) is 0 Å². The molecule has 8 heteroatoms. The van der Waals surface area contributed by atoms with Crippen molar-refractivity contribution < 1.29 is 14.7 Å². The first-order valence-electron chi connectivity index (χ1n) is 5.29. The van der Waals surface area contributed by atoms with Crippen molar-refractivity contribution in [3.63, 3.8) is 0 Å². The molecule has 0 heterocycles. The van der Waals surface area contributed by atoms with Gasteiger partial charge >= 0.3 is 0 Å². The first kappa shape index (κ1) is 15.6. The van der Waals surface area contributed by atoms with E-state index >= 15 is 0 Å². The van der Waals surface area contributed by atoms with Crippen LogP contribution < -0.4 is 10.6 Å². The molecule has 0 saturated carbocycles. The maximum Gasteiger partial charge on any atom is 0.294 e. The summed E-state index contributed by atoms with van der Waals surface area (Å²) >= 11 is 5.09. The molecule has 0 fully saturated rings. The Kier molecular flexibility index (Phi) is 7.95. The van der Waals surface area contributed by atoms with Crippen molar-refractivity contribution in [3.8, 4) is 0 Å². The third kappa shape index (κ3) is 8.38. The molecule has 0 aliphatic heterocycles. The standard InChI is InChI=1S/C9H17N3O4S/c1-3-4-8(11-7(2)13)9(17)10-5-6-16-12(14)15/h8H,3-6H2,1-2H3,(H,10,17)(H,11,13)/t8-/m0/s1. The van der Waals surface area contributed by atoms with Gasteiger partial charge in [-0.05, 0) is 6.42 Å². The van der Waals surface area contributed by atoms with Gasteiger partial charge in [0.25, 0.3) is 5.09 Å². The lowest BCUT2D eigenvalue weighted by Gasteiger charge is -2.19. The maximum atomic E-state index is 10.9. The van der Waals surface area contributed by atoms with Crippen LogP contribution in [0.25, 0.3) is 0 Å². The van der Waals surface area contributed by atoms with Gasteiger partial charge in [0.1, 0.15) is 6.61 Å². The van der Waals surface area contributed by atoms with E-state index in [-0.39, 0.29) is 25.1 Å². The van der Waals surface area contributed by atoms with Crippen LogP contribution in [0.2, 0.25) is 0 Å². The van der Waals surface area contributed by atoms with Gasteiger partial charge in [0, 0.05) is 13.5 Å². The molecule has 0 aliphatic carbocycles. The average Bonchev–Trinajstić information content (AvgIpc) is 2.22. The highest BCUT2D eigenvalue weighted by atomic mass is 32.1. The highest BCUT2D eigenvalue weighted by Crippen LogP contribution is 1.98. The van der Waals surface area contributed by atoms with Crippen molar-refractivity contribution in [1.82, 2.24) is 10.6 Å². The zero-order valence-corrected chi connectivity index (χ0v) is 10.7. The van der Waals surface area contributed by atoms with E-state index in [0.29, 0.717) is 4.99 Å². The second kappa shape index (κ2) is 8.68. The molecule has 0 aromatic rings. The Labute approximate surface area is 105 Å². The molecule has 1 amide bonds. The van der Waals surface area contributed by atoms with Crippen molar-refractivity contribution in [2.75, 3.05) is 13.2 Å². The van der Waals surface area contributed by atoms with E-state index in [9.17, 15) is 14.9 Å². The van der Waals surface area contributed by atoms with Crippen LogP contribution in [0.5, 0.6) is 0 Å². The third-order valence-corrected chi connectivity index (χ3v) is 2.30. The van der Waals surface area contributed by atoms with E-state index in [1.54, 1.807) is 0 Å². The fraction of sp³-hybridized carbons (Fsp3) is 0.778. The first-order chi connectivity index (χ1) is 7.97. The minimum atomic E-state index is -0.859. The summed E-state index contributed by atoms with van der Waals surface area (Å²) in [7, 11) is 0. The number of nitrogens with one attached hydrogen (secondary N) is 2. The molecule has 7 nitrogen and oxygen atoms in total. The summed E-state index contributed by atoms with van der Waals surface area (Å²) in [5.41, 5.74) is 0. The van der Waals surface area contributed by atoms with Gasteiger partial charge in [-0.15, -0.1) is 10.1 Å². The number of nitrogens with zero attached hydrogens (tertiary/aromatic N) is 1. The number of hydrogen-bond donors (Lipinski definition) is 2. The summed E-state index contributed by atoms with van der Waals surface area (Å²) in [5, 5.41) is 14.6. The predicted octanol–water partition coefficient (Wildman–Crippen LogP) is 0.417. The Morgan fingerprint density at radius 3 is 2.71 bits per heavy atom. The van der Waals surface area contributed by atoms with Crippen LogP contribution in [0.15, 0.2) is 0 Å². The van der Waals surface area contributed by atoms with Gasteiger partial charge in [0.2, 0.25) is 5.91 Å². The highest BCUT2D eigenvalue weighted by molar-refractivity contribution is 7.80. The lowest BCUT2D eigenvalue weighted by atomic mass is 10.1. The van der Waals surface area contributed by atoms with Crippen LogP contribution in [0.1, 0.15) is 26.7 Å².